The molecule has 3 heterocycles. The van der Waals surface area contributed by atoms with Gasteiger partial charge >= 0.3 is 0 Å². The molecule has 2 aliphatic rings. The van der Waals surface area contributed by atoms with Crippen LogP contribution < -0.4 is 14.8 Å². The van der Waals surface area contributed by atoms with E-state index in [1.54, 1.807) is 21.1 Å². The molecule has 0 spiro atoms. The monoisotopic (exact) mass is 536 g/mol. The van der Waals surface area contributed by atoms with E-state index in [0.717, 1.165) is 63.0 Å². The molecule has 1 atom stereocenters. The molecule has 5 rings (SSSR count). The standard InChI is InChI=1S/C29H40N6O4/c1-20-31-32-27(39-20)18-21(14-17-34-15-7-4-8-16-34)30-29(36)23-19-24(35(33-23)22-10-5-6-11-22)28-25(37-2)12-9-13-26(28)38-3/h9,12-13,19,21-22H,4-8,10-11,14-18H2,1-3H3,(H,30,36)/t21-/m0/s1. The van der Waals surface area contributed by atoms with E-state index < -0.39 is 0 Å². The topological polar surface area (TPSA) is 108 Å². The number of ether oxygens (including phenoxy) is 2. The van der Waals surface area contributed by atoms with E-state index in [-0.39, 0.29) is 18.0 Å². The molecule has 10 heteroatoms. The van der Waals surface area contributed by atoms with Gasteiger partial charge in [0.25, 0.3) is 5.91 Å². The van der Waals surface area contributed by atoms with Crippen LogP contribution in [0.3, 0.4) is 0 Å². The highest BCUT2D eigenvalue weighted by atomic mass is 16.5. The molecule has 39 heavy (non-hydrogen) atoms. The number of nitrogens with zero attached hydrogens (tertiary/aromatic N) is 5. The number of aromatic nitrogens is 4. The van der Waals surface area contributed by atoms with Gasteiger partial charge in [0.2, 0.25) is 11.8 Å². The molecule has 1 saturated heterocycles. The van der Waals surface area contributed by atoms with Crippen molar-refractivity contribution in [2.45, 2.75) is 76.8 Å². The Morgan fingerprint density at radius 2 is 1.79 bits per heavy atom. The van der Waals surface area contributed by atoms with Crippen LogP contribution in [0.25, 0.3) is 11.3 Å². The van der Waals surface area contributed by atoms with Gasteiger partial charge < -0.3 is 24.1 Å². The van der Waals surface area contributed by atoms with Crippen LogP contribution in [0, 0.1) is 6.92 Å². The van der Waals surface area contributed by atoms with Crippen molar-refractivity contribution in [2.75, 3.05) is 33.9 Å². The van der Waals surface area contributed by atoms with Crippen LogP contribution in [0.4, 0.5) is 0 Å². The zero-order valence-electron chi connectivity index (χ0n) is 23.3. The molecule has 0 radical (unpaired) electrons. The van der Waals surface area contributed by atoms with Gasteiger partial charge in [-0.1, -0.05) is 25.3 Å². The van der Waals surface area contributed by atoms with Gasteiger partial charge in [-0.3, -0.25) is 9.48 Å². The highest BCUT2D eigenvalue weighted by Crippen LogP contribution is 2.41. The molecule has 1 saturated carbocycles. The predicted octanol–water partition coefficient (Wildman–Crippen LogP) is 4.59. The summed E-state index contributed by atoms with van der Waals surface area (Å²) in [6.07, 6.45) is 9.39. The fraction of sp³-hybridized carbons (Fsp3) is 0.586. The molecular weight excluding hydrogens is 496 g/mol. The second-order valence-electron chi connectivity index (χ2n) is 10.6. The Labute approximate surface area is 230 Å². The fourth-order valence-corrected chi connectivity index (χ4v) is 5.86. The molecule has 3 aromatic rings. The van der Waals surface area contributed by atoms with Crippen molar-refractivity contribution in [2.24, 2.45) is 0 Å². The lowest BCUT2D eigenvalue weighted by Gasteiger charge is -2.28. The summed E-state index contributed by atoms with van der Waals surface area (Å²) in [5.41, 5.74) is 2.03. The Balaban J connectivity index is 1.41. The summed E-state index contributed by atoms with van der Waals surface area (Å²) in [4.78, 5) is 16.2. The second kappa shape index (κ2) is 12.6. The SMILES string of the molecule is COc1cccc(OC)c1-c1cc(C(=O)N[C@@H](CCN2CCCCC2)Cc2nnc(C)o2)nn1C1CCCC1. The first-order valence-electron chi connectivity index (χ1n) is 14.2. The Bertz CT molecular complexity index is 1220. The van der Waals surface area contributed by atoms with Crippen molar-refractivity contribution >= 4 is 5.91 Å². The van der Waals surface area contributed by atoms with Crippen LogP contribution >= 0.6 is 0 Å². The quantitative estimate of drug-likeness (QED) is 0.379. The first kappa shape index (κ1) is 27.2. The Kier molecular flexibility index (Phi) is 8.81. The van der Waals surface area contributed by atoms with Gasteiger partial charge in [0.05, 0.1) is 31.5 Å². The summed E-state index contributed by atoms with van der Waals surface area (Å²) in [5, 5.41) is 16.3. The Morgan fingerprint density at radius 3 is 2.44 bits per heavy atom. The number of rotatable bonds is 11. The number of aryl methyl sites for hydroxylation is 1. The van der Waals surface area contributed by atoms with Crippen molar-refractivity contribution < 1.29 is 18.7 Å². The summed E-state index contributed by atoms with van der Waals surface area (Å²) in [6.45, 7) is 4.91. The molecule has 1 amide bonds. The molecular formula is C29H40N6O4. The third-order valence-corrected chi connectivity index (χ3v) is 7.89. The van der Waals surface area contributed by atoms with E-state index in [2.05, 4.69) is 20.4 Å². The van der Waals surface area contributed by atoms with E-state index in [1.165, 1.54) is 19.3 Å². The Hall–Kier alpha value is -3.40. The Morgan fingerprint density at radius 1 is 1.08 bits per heavy atom. The summed E-state index contributed by atoms with van der Waals surface area (Å²) in [5.74, 6) is 2.23. The van der Waals surface area contributed by atoms with Crippen molar-refractivity contribution in [3.05, 3.63) is 41.7 Å². The van der Waals surface area contributed by atoms with Gasteiger partial charge in [-0.05, 0) is 63.4 Å². The van der Waals surface area contributed by atoms with Gasteiger partial charge in [-0.15, -0.1) is 10.2 Å². The number of nitrogens with one attached hydrogen (secondary N) is 1. The summed E-state index contributed by atoms with van der Waals surface area (Å²) >= 11 is 0. The zero-order valence-corrected chi connectivity index (χ0v) is 23.3. The van der Waals surface area contributed by atoms with Crippen molar-refractivity contribution in [1.29, 1.82) is 0 Å². The first-order valence-corrected chi connectivity index (χ1v) is 14.2. The molecule has 10 nitrogen and oxygen atoms in total. The molecule has 1 N–H and O–H groups in total. The predicted molar refractivity (Wildman–Crippen MR) is 147 cm³/mol. The maximum atomic E-state index is 13.7. The van der Waals surface area contributed by atoms with Crippen LogP contribution in [-0.4, -0.2) is 70.7 Å². The number of hydrogen-bond donors (Lipinski definition) is 1. The molecule has 1 aliphatic heterocycles. The van der Waals surface area contributed by atoms with Crippen LogP contribution in [0.2, 0.25) is 0 Å². The number of hydrogen-bond acceptors (Lipinski definition) is 8. The lowest BCUT2D eigenvalue weighted by atomic mass is 10.1. The van der Waals surface area contributed by atoms with Crippen LogP contribution in [-0.2, 0) is 6.42 Å². The summed E-state index contributed by atoms with van der Waals surface area (Å²) < 4.78 is 19.1. The van der Waals surface area contributed by atoms with Gasteiger partial charge in [0.15, 0.2) is 5.69 Å². The van der Waals surface area contributed by atoms with E-state index in [4.69, 9.17) is 19.0 Å². The molecule has 210 valence electrons. The highest BCUT2D eigenvalue weighted by molar-refractivity contribution is 5.94. The number of benzene rings is 1. The molecule has 0 bridgehead atoms. The number of likely N-dealkylation sites (tertiary alicyclic amines) is 1. The lowest BCUT2D eigenvalue weighted by Crippen LogP contribution is -2.40. The van der Waals surface area contributed by atoms with Crippen LogP contribution in [0.15, 0.2) is 28.7 Å². The normalized spacial score (nSPS) is 17.3. The van der Waals surface area contributed by atoms with Crippen molar-refractivity contribution in [3.8, 4) is 22.8 Å². The minimum atomic E-state index is -0.207. The minimum Gasteiger partial charge on any atom is -0.496 e. The first-order chi connectivity index (χ1) is 19.1. The lowest BCUT2D eigenvalue weighted by molar-refractivity contribution is 0.0922. The van der Waals surface area contributed by atoms with Crippen LogP contribution in [0.1, 0.15) is 79.7 Å². The zero-order chi connectivity index (χ0) is 27.2. The maximum absolute atomic E-state index is 13.7. The van der Waals surface area contributed by atoms with Gasteiger partial charge in [-0.25, -0.2) is 0 Å². The fourth-order valence-electron chi connectivity index (χ4n) is 5.86. The molecule has 2 fully saturated rings. The molecule has 1 aromatic carbocycles. The van der Waals surface area contributed by atoms with Crippen molar-refractivity contribution in [1.82, 2.24) is 30.2 Å². The highest BCUT2D eigenvalue weighted by Gasteiger charge is 2.28. The van der Waals surface area contributed by atoms with Gasteiger partial charge in [-0.2, -0.15) is 5.10 Å². The third-order valence-electron chi connectivity index (χ3n) is 7.89. The molecule has 0 unspecified atom stereocenters. The smallest absolute Gasteiger partial charge is 0.272 e. The van der Waals surface area contributed by atoms with Gasteiger partial charge in [0.1, 0.15) is 11.5 Å². The number of methoxy groups -OCH3 is 2. The average Bonchev–Trinajstić information content (AvgIpc) is 3.73. The third kappa shape index (κ3) is 6.43. The largest absolute Gasteiger partial charge is 0.496 e. The maximum Gasteiger partial charge on any atom is 0.272 e. The van der Waals surface area contributed by atoms with Crippen LogP contribution in [0.5, 0.6) is 11.5 Å². The number of amides is 1. The summed E-state index contributed by atoms with van der Waals surface area (Å²) in [6, 6.07) is 7.66. The van der Waals surface area contributed by atoms with E-state index in [9.17, 15) is 4.79 Å². The molecule has 2 aromatic heterocycles. The van der Waals surface area contributed by atoms with E-state index in [1.807, 2.05) is 28.9 Å². The van der Waals surface area contributed by atoms with E-state index in [0.29, 0.717) is 35.4 Å². The number of carbonyl (C=O) groups excluding carboxylic acids is 1. The second-order valence-corrected chi connectivity index (χ2v) is 10.6. The average molecular weight is 537 g/mol. The van der Waals surface area contributed by atoms with E-state index >= 15 is 0 Å². The molecule has 1 aliphatic carbocycles. The van der Waals surface area contributed by atoms with Gasteiger partial charge in [0, 0.05) is 25.9 Å². The number of piperidine rings is 1. The minimum absolute atomic E-state index is 0.153. The summed E-state index contributed by atoms with van der Waals surface area (Å²) in [7, 11) is 3.29. The van der Waals surface area contributed by atoms with Crippen molar-refractivity contribution in [3.63, 3.8) is 0 Å². The number of carbonyl (C=O) groups is 1.